The number of rotatable bonds is 3. The molecule has 1 aliphatic rings. The molecule has 2 aromatic rings. The summed E-state index contributed by atoms with van der Waals surface area (Å²) < 4.78 is 53.3. The van der Waals surface area contributed by atoms with Gasteiger partial charge in [0.2, 0.25) is 10.0 Å². The number of amides is 1. The molecule has 0 unspecified atom stereocenters. The van der Waals surface area contributed by atoms with Gasteiger partial charge < -0.3 is 5.32 Å². The molecule has 24 heavy (non-hydrogen) atoms. The average molecular weight is 350 g/mol. The van der Waals surface area contributed by atoms with E-state index in [-0.39, 0.29) is 21.7 Å². The summed E-state index contributed by atoms with van der Waals surface area (Å²) >= 11 is 0. The van der Waals surface area contributed by atoms with Gasteiger partial charge in [0, 0.05) is 5.56 Å². The Morgan fingerprint density at radius 3 is 2.62 bits per heavy atom. The van der Waals surface area contributed by atoms with Crippen LogP contribution in [0.25, 0.3) is 11.6 Å². The number of fused-ring (bicyclic) bond motifs is 1. The Morgan fingerprint density at radius 2 is 1.92 bits per heavy atom. The van der Waals surface area contributed by atoms with Gasteiger partial charge in [-0.1, -0.05) is 12.1 Å². The van der Waals surface area contributed by atoms with Crippen molar-refractivity contribution >= 4 is 33.3 Å². The maximum Gasteiger partial charge on any atom is 0.256 e. The Labute approximate surface area is 137 Å². The molecule has 0 bridgehead atoms. The van der Waals surface area contributed by atoms with Crippen LogP contribution in [-0.2, 0) is 14.8 Å². The first kappa shape index (κ1) is 16.3. The SMILES string of the molecule is CNS(=O)(=O)c1cccc(C=C2C(=O)Nc3ccc(F)c(F)c32)c1. The van der Waals surface area contributed by atoms with Crippen LogP contribution >= 0.6 is 0 Å². The van der Waals surface area contributed by atoms with E-state index in [0.717, 1.165) is 6.07 Å². The lowest BCUT2D eigenvalue weighted by Crippen LogP contribution is -2.18. The summed E-state index contributed by atoms with van der Waals surface area (Å²) in [6, 6.07) is 7.97. The highest BCUT2D eigenvalue weighted by Crippen LogP contribution is 2.36. The standard InChI is InChI=1S/C16H12F2N2O3S/c1-19-24(22,23)10-4-2-3-9(7-10)8-11-14-13(20-16(11)21)6-5-12(17)15(14)18/h2-8,19H,1H3,(H,20,21). The summed E-state index contributed by atoms with van der Waals surface area (Å²) in [6.45, 7) is 0. The number of hydrogen-bond acceptors (Lipinski definition) is 3. The predicted octanol–water partition coefficient (Wildman–Crippen LogP) is 2.37. The van der Waals surface area contributed by atoms with Gasteiger partial charge in [0.1, 0.15) is 0 Å². The van der Waals surface area contributed by atoms with Crippen molar-refractivity contribution < 1.29 is 22.0 Å². The fraction of sp³-hybridized carbons (Fsp3) is 0.0625. The molecule has 0 atom stereocenters. The highest BCUT2D eigenvalue weighted by Gasteiger charge is 2.29. The molecule has 2 aromatic carbocycles. The Morgan fingerprint density at radius 1 is 1.17 bits per heavy atom. The molecule has 0 fully saturated rings. The zero-order chi connectivity index (χ0) is 17.5. The number of carbonyl (C=O) groups excluding carboxylic acids is 1. The third kappa shape index (κ3) is 2.70. The van der Waals surface area contributed by atoms with Crippen LogP contribution < -0.4 is 10.0 Å². The zero-order valence-corrected chi connectivity index (χ0v) is 13.2. The molecule has 1 aliphatic heterocycles. The van der Waals surface area contributed by atoms with E-state index >= 15 is 0 Å². The summed E-state index contributed by atoms with van der Waals surface area (Å²) in [5.41, 5.74) is 0.306. The summed E-state index contributed by atoms with van der Waals surface area (Å²) in [5, 5.41) is 2.45. The van der Waals surface area contributed by atoms with Gasteiger partial charge in [-0.2, -0.15) is 0 Å². The molecule has 124 valence electrons. The number of anilines is 1. The van der Waals surface area contributed by atoms with Crippen molar-refractivity contribution in [3.8, 4) is 0 Å². The zero-order valence-electron chi connectivity index (χ0n) is 12.4. The van der Waals surface area contributed by atoms with Crippen LogP contribution in [0.1, 0.15) is 11.1 Å². The van der Waals surface area contributed by atoms with E-state index in [1.807, 2.05) is 0 Å². The molecule has 2 N–H and O–H groups in total. The van der Waals surface area contributed by atoms with Crippen LogP contribution in [0.15, 0.2) is 41.3 Å². The number of nitrogens with one attached hydrogen (secondary N) is 2. The molecule has 0 aliphatic carbocycles. The summed E-state index contributed by atoms with van der Waals surface area (Å²) in [5.74, 6) is -2.78. The normalized spacial score (nSPS) is 15.5. The van der Waals surface area contributed by atoms with Crippen LogP contribution in [0, 0.1) is 11.6 Å². The molecule has 0 spiro atoms. The summed E-state index contributed by atoms with van der Waals surface area (Å²) in [6.07, 6.45) is 1.32. The van der Waals surface area contributed by atoms with E-state index in [2.05, 4.69) is 10.0 Å². The maximum absolute atomic E-state index is 14.0. The minimum absolute atomic E-state index is 0.00214. The second-order valence-electron chi connectivity index (χ2n) is 5.08. The molecule has 3 rings (SSSR count). The lowest BCUT2D eigenvalue weighted by Gasteiger charge is -2.04. The van der Waals surface area contributed by atoms with Gasteiger partial charge in [0.15, 0.2) is 11.6 Å². The molecule has 5 nitrogen and oxygen atoms in total. The number of sulfonamides is 1. The van der Waals surface area contributed by atoms with Gasteiger partial charge >= 0.3 is 0 Å². The minimum atomic E-state index is -3.66. The Balaban J connectivity index is 2.13. The largest absolute Gasteiger partial charge is 0.321 e. The van der Waals surface area contributed by atoms with E-state index in [1.165, 1.54) is 37.4 Å². The second-order valence-corrected chi connectivity index (χ2v) is 6.96. The molecular formula is C16H12F2N2O3S. The Hall–Kier alpha value is -2.58. The van der Waals surface area contributed by atoms with Gasteiger partial charge in [-0.15, -0.1) is 0 Å². The van der Waals surface area contributed by atoms with Crippen molar-refractivity contribution in [3.05, 3.63) is 59.2 Å². The fourth-order valence-corrected chi connectivity index (χ4v) is 3.20. The topological polar surface area (TPSA) is 75.3 Å². The first-order valence-electron chi connectivity index (χ1n) is 6.88. The Bertz CT molecular complexity index is 985. The van der Waals surface area contributed by atoms with Crippen LogP contribution in [0.4, 0.5) is 14.5 Å². The van der Waals surface area contributed by atoms with Crippen molar-refractivity contribution in [2.45, 2.75) is 4.90 Å². The first-order valence-corrected chi connectivity index (χ1v) is 8.37. The summed E-state index contributed by atoms with van der Waals surface area (Å²) in [7, 11) is -2.38. The smallest absolute Gasteiger partial charge is 0.256 e. The van der Waals surface area contributed by atoms with Gasteiger partial charge in [-0.25, -0.2) is 21.9 Å². The number of carbonyl (C=O) groups is 1. The van der Waals surface area contributed by atoms with Crippen LogP contribution in [-0.4, -0.2) is 21.4 Å². The van der Waals surface area contributed by atoms with Crippen LogP contribution in [0.5, 0.6) is 0 Å². The predicted molar refractivity (Wildman–Crippen MR) is 85.5 cm³/mol. The quantitative estimate of drug-likeness (QED) is 0.835. The minimum Gasteiger partial charge on any atom is -0.321 e. The second kappa shape index (κ2) is 5.81. The van der Waals surface area contributed by atoms with E-state index in [0.29, 0.717) is 5.56 Å². The third-order valence-electron chi connectivity index (χ3n) is 3.61. The van der Waals surface area contributed by atoms with Crippen molar-refractivity contribution in [3.63, 3.8) is 0 Å². The van der Waals surface area contributed by atoms with Gasteiger partial charge in [-0.3, -0.25) is 4.79 Å². The van der Waals surface area contributed by atoms with Crippen molar-refractivity contribution in [1.82, 2.24) is 4.72 Å². The average Bonchev–Trinajstić information content (AvgIpc) is 2.88. The third-order valence-corrected chi connectivity index (χ3v) is 5.02. The van der Waals surface area contributed by atoms with Crippen molar-refractivity contribution in [1.29, 1.82) is 0 Å². The lowest BCUT2D eigenvalue weighted by molar-refractivity contribution is -0.110. The number of benzene rings is 2. The highest BCUT2D eigenvalue weighted by atomic mass is 32.2. The Kier molecular flexibility index (Phi) is 3.94. The molecule has 0 aromatic heterocycles. The molecule has 0 saturated carbocycles. The van der Waals surface area contributed by atoms with Crippen molar-refractivity contribution in [2.75, 3.05) is 12.4 Å². The van der Waals surface area contributed by atoms with Gasteiger partial charge in [0.05, 0.1) is 16.2 Å². The van der Waals surface area contributed by atoms with Gasteiger partial charge in [-0.05, 0) is 43.0 Å². The van der Waals surface area contributed by atoms with E-state index in [4.69, 9.17) is 0 Å². The van der Waals surface area contributed by atoms with E-state index < -0.39 is 27.6 Å². The summed E-state index contributed by atoms with van der Waals surface area (Å²) in [4.78, 5) is 12.0. The molecule has 1 heterocycles. The van der Waals surface area contributed by atoms with Crippen LogP contribution in [0.3, 0.4) is 0 Å². The number of hydrogen-bond donors (Lipinski definition) is 2. The molecular weight excluding hydrogens is 338 g/mol. The first-order chi connectivity index (χ1) is 11.3. The monoisotopic (exact) mass is 350 g/mol. The van der Waals surface area contributed by atoms with Crippen molar-refractivity contribution in [2.24, 2.45) is 0 Å². The van der Waals surface area contributed by atoms with E-state index in [1.54, 1.807) is 6.07 Å². The fourth-order valence-electron chi connectivity index (χ4n) is 2.42. The maximum atomic E-state index is 14.0. The van der Waals surface area contributed by atoms with Gasteiger partial charge in [0.25, 0.3) is 5.91 Å². The molecule has 1 amide bonds. The number of halogens is 2. The lowest BCUT2D eigenvalue weighted by atomic mass is 10.0. The highest BCUT2D eigenvalue weighted by molar-refractivity contribution is 7.89. The van der Waals surface area contributed by atoms with E-state index in [9.17, 15) is 22.0 Å². The van der Waals surface area contributed by atoms with Crippen LogP contribution in [0.2, 0.25) is 0 Å². The molecule has 0 radical (unpaired) electrons. The molecule has 0 saturated heterocycles. The molecule has 8 heteroatoms.